The molecule has 0 amide bonds. The van der Waals surface area contributed by atoms with Gasteiger partial charge in [0.15, 0.2) is 11.5 Å². The summed E-state index contributed by atoms with van der Waals surface area (Å²) in [6, 6.07) is 7.24. The average molecular weight is 248 g/mol. The van der Waals surface area contributed by atoms with Gasteiger partial charge in [0, 0.05) is 12.4 Å². The molecule has 1 N–H and O–H groups in total. The minimum Gasteiger partial charge on any atom is -0.493 e. The van der Waals surface area contributed by atoms with Crippen LogP contribution in [0.1, 0.15) is 5.56 Å². The summed E-state index contributed by atoms with van der Waals surface area (Å²) in [5.41, 5.74) is 0.796. The van der Waals surface area contributed by atoms with E-state index in [4.69, 9.17) is 14.6 Å². The Morgan fingerprint density at radius 1 is 1.33 bits per heavy atom. The maximum Gasteiger partial charge on any atom is 0.161 e. The molecule has 1 heterocycles. The van der Waals surface area contributed by atoms with E-state index in [9.17, 15) is 0 Å². The van der Waals surface area contributed by atoms with Crippen molar-refractivity contribution in [3.05, 3.63) is 42.2 Å². The molecule has 0 radical (unpaired) electrons. The second-order valence-electron chi connectivity index (χ2n) is 3.76. The highest BCUT2D eigenvalue weighted by molar-refractivity contribution is 5.42. The van der Waals surface area contributed by atoms with Gasteiger partial charge >= 0.3 is 0 Å². The van der Waals surface area contributed by atoms with Gasteiger partial charge in [-0.05, 0) is 23.8 Å². The van der Waals surface area contributed by atoms with E-state index in [0.717, 1.165) is 5.56 Å². The van der Waals surface area contributed by atoms with Crippen molar-refractivity contribution in [2.24, 2.45) is 0 Å². The van der Waals surface area contributed by atoms with Gasteiger partial charge in [-0.1, -0.05) is 6.07 Å². The number of aliphatic hydroxyl groups is 1. The van der Waals surface area contributed by atoms with Gasteiger partial charge in [-0.3, -0.25) is 4.68 Å². The van der Waals surface area contributed by atoms with Crippen molar-refractivity contribution in [2.45, 2.75) is 13.2 Å². The molecule has 2 rings (SSSR count). The lowest BCUT2D eigenvalue weighted by Gasteiger charge is -2.11. The number of aliphatic hydroxyl groups excluding tert-OH is 1. The van der Waals surface area contributed by atoms with Crippen LogP contribution < -0.4 is 9.47 Å². The molecule has 0 bridgehead atoms. The van der Waals surface area contributed by atoms with Crippen LogP contribution in [0.15, 0.2) is 36.7 Å². The van der Waals surface area contributed by atoms with E-state index in [1.165, 1.54) is 0 Å². The largest absolute Gasteiger partial charge is 0.493 e. The van der Waals surface area contributed by atoms with Crippen molar-refractivity contribution in [2.75, 3.05) is 13.7 Å². The normalized spacial score (nSPS) is 10.3. The molecule has 1 aromatic heterocycles. The van der Waals surface area contributed by atoms with Crippen LogP contribution in [-0.4, -0.2) is 28.6 Å². The zero-order valence-electron chi connectivity index (χ0n) is 10.2. The van der Waals surface area contributed by atoms with Gasteiger partial charge in [0.25, 0.3) is 0 Å². The fourth-order valence-corrected chi connectivity index (χ4v) is 1.61. The van der Waals surface area contributed by atoms with Crippen LogP contribution in [0.3, 0.4) is 0 Å². The van der Waals surface area contributed by atoms with Gasteiger partial charge in [-0.2, -0.15) is 5.10 Å². The molecular formula is C13H16N2O3. The van der Waals surface area contributed by atoms with Crippen LogP contribution in [0.5, 0.6) is 11.5 Å². The Morgan fingerprint density at radius 2 is 2.22 bits per heavy atom. The van der Waals surface area contributed by atoms with Crippen LogP contribution in [0.4, 0.5) is 0 Å². The standard InChI is InChI=1S/C13H16N2O3/c1-17-12-4-3-11(10-16)9-13(12)18-8-7-15-6-2-5-14-15/h2-6,9,16H,7-8,10H2,1H3. The maximum atomic E-state index is 9.09. The molecule has 96 valence electrons. The predicted octanol–water partition coefficient (Wildman–Crippen LogP) is 1.46. The summed E-state index contributed by atoms with van der Waals surface area (Å²) in [5.74, 6) is 1.30. The molecule has 0 aliphatic rings. The molecule has 5 heteroatoms. The fraction of sp³-hybridized carbons (Fsp3) is 0.308. The molecule has 1 aromatic carbocycles. The first-order valence-corrected chi connectivity index (χ1v) is 5.71. The molecular weight excluding hydrogens is 232 g/mol. The number of hydrogen-bond acceptors (Lipinski definition) is 4. The van der Waals surface area contributed by atoms with Crippen molar-refractivity contribution in [1.29, 1.82) is 0 Å². The number of nitrogens with zero attached hydrogens (tertiary/aromatic N) is 2. The van der Waals surface area contributed by atoms with Gasteiger partial charge in [0.2, 0.25) is 0 Å². The number of methoxy groups -OCH3 is 1. The van der Waals surface area contributed by atoms with Gasteiger partial charge < -0.3 is 14.6 Å². The van der Waals surface area contributed by atoms with E-state index in [2.05, 4.69) is 5.10 Å². The molecule has 18 heavy (non-hydrogen) atoms. The van der Waals surface area contributed by atoms with Gasteiger partial charge in [0.05, 0.1) is 20.3 Å². The highest BCUT2D eigenvalue weighted by Crippen LogP contribution is 2.28. The molecule has 0 saturated carbocycles. The Labute approximate surface area is 106 Å². The number of ether oxygens (including phenoxy) is 2. The van der Waals surface area contributed by atoms with Crippen molar-refractivity contribution in [1.82, 2.24) is 9.78 Å². The zero-order chi connectivity index (χ0) is 12.8. The molecule has 2 aromatic rings. The van der Waals surface area contributed by atoms with E-state index < -0.39 is 0 Å². The first-order chi connectivity index (χ1) is 8.83. The van der Waals surface area contributed by atoms with Crippen LogP contribution >= 0.6 is 0 Å². The van der Waals surface area contributed by atoms with E-state index in [1.54, 1.807) is 36.2 Å². The highest BCUT2D eigenvalue weighted by atomic mass is 16.5. The molecule has 0 spiro atoms. The Hall–Kier alpha value is -2.01. The molecule has 5 nitrogen and oxygen atoms in total. The van der Waals surface area contributed by atoms with Crippen molar-refractivity contribution >= 4 is 0 Å². The van der Waals surface area contributed by atoms with Crippen LogP contribution in [0.25, 0.3) is 0 Å². The van der Waals surface area contributed by atoms with E-state index in [1.807, 2.05) is 12.3 Å². The van der Waals surface area contributed by atoms with Crippen LogP contribution in [0, 0.1) is 0 Å². The SMILES string of the molecule is COc1ccc(CO)cc1OCCn1cccn1. The van der Waals surface area contributed by atoms with Crippen LogP contribution in [0.2, 0.25) is 0 Å². The van der Waals surface area contributed by atoms with E-state index >= 15 is 0 Å². The molecule has 0 unspecified atom stereocenters. The summed E-state index contributed by atoms with van der Waals surface area (Å²) < 4.78 is 12.6. The number of benzene rings is 1. The smallest absolute Gasteiger partial charge is 0.161 e. The third kappa shape index (κ3) is 3.01. The molecule has 0 aliphatic carbocycles. The fourth-order valence-electron chi connectivity index (χ4n) is 1.61. The molecule has 0 aliphatic heterocycles. The molecule has 0 fully saturated rings. The monoisotopic (exact) mass is 248 g/mol. The zero-order valence-corrected chi connectivity index (χ0v) is 10.2. The van der Waals surface area contributed by atoms with Crippen LogP contribution in [-0.2, 0) is 13.2 Å². The van der Waals surface area contributed by atoms with Gasteiger partial charge in [-0.15, -0.1) is 0 Å². The predicted molar refractivity (Wildman–Crippen MR) is 66.6 cm³/mol. The summed E-state index contributed by atoms with van der Waals surface area (Å²) in [6.45, 7) is 1.14. The lowest BCUT2D eigenvalue weighted by molar-refractivity contribution is 0.266. The van der Waals surface area contributed by atoms with Gasteiger partial charge in [0.1, 0.15) is 6.61 Å². The first-order valence-electron chi connectivity index (χ1n) is 5.71. The van der Waals surface area contributed by atoms with E-state index in [-0.39, 0.29) is 6.61 Å². The van der Waals surface area contributed by atoms with Crippen molar-refractivity contribution < 1.29 is 14.6 Å². The lowest BCUT2D eigenvalue weighted by atomic mass is 10.2. The Balaban J connectivity index is 1.98. The summed E-state index contributed by atoms with van der Waals surface area (Å²) in [4.78, 5) is 0. The van der Waals surface area contributed by atoms with E-state index in [0.29, 0.717) is 24.7 Å². The van der Waals surface area contributed by atoms with Crippen molar-refractivity contribution in [3.63, 3.8) is 0 Å². The quantitative estimate of drug-likeness (QED) is 0.841. The van der Waals surface area contributed by atoms with Crippen molar-refractivity contribution in [3.8, 4) is 11.5 Å². The summed E-state index contributed by atoms with van der Waals surface area (Å²) in [6.07, 6.45) is 3.61. The number of hydrogen-bond donors (Lipinski definition) is 1. The Morgan fingerprint density at radius 3 is 2.89 bits per heavy atom. The Kier molecular flexibility index (Phi) is 4.20. The number of rotatable bonds is 6. The molecule has 0 atom stereocenters. The minimum atomic E-state index is -0.0144. The minimum absolute atomic E-state index is 0.0144. The highest BCUT2D eigenvalue weighted by Gasteiger charge is 2.05. The number of aromatic nitrogens is 2. The molecule has 0 saturated heterocycles. The topological polar surface area (TPSA) is 56.5 Å². The van der Waals surface area contributed by atoms with Gasteiger partial charge in [-0.25, -0.2) is 0 Å². The Bertz CT molecular complexity index is 483. The summed E-state index contributed by atoms with van der Waals surface area (Å²) in [5, 5.41) is 13.2. The third-order valence-electron chi connectivity index (χ3n) is 2.55. The third-order valence-corrected chi connectivity index (χ3v) is 2.55. The first kappa shape index (κ1) is 12.4. The average Bonchev–Trinajstić information content (AvgIpc) is 2.92. The summed E-state index contributed by atoms with van der Waals surface area (Å²) >= 11 is 0. The maximum absolute atomic E-state index is 9.09. The summed E-state index contributed by atoms with van der Waals surface area (Å²) in [7, 11) is 1.59. The second-order valence-corrected chi connectivity index (χ2v) is 3.76. The lowest BCUT2D eigenvalue weighted by Crippen LogP contribution is -2.09. The second kappa shape index (κ2) is 6.07.